The van der Waals surface area contributed by atoms with E-state index in [2.05, 4.69) is 13.8 Å². The van der Waals surface area contributed by atoms with Crippen LogP contribution in [-0.4, -0.2) is 55.8 Å². The summed E-state index contributed by atoms with van der Waals surface area (Å²) in [5, 5.41) is 4.88. The molecule has 2 saturated heterocycles. The Bertz CT molecular complexity index is 976. The highest BCUT2D eigenvalue weighted by atomic mass is 16.2. The summed E-state index contributed by atoms with van der Waals surface area (Å²) in [7, 11) is 0. The van der Waals surface area contributed by atoms with Crippen LogP contribution in [0.1, 0.15) is 81.1 Å². The Kier molecular flexibility index (Phi) is 6.30. The van der Waals surface area contributed by atoms with E-state index in [1.54, 1.807) is 0 Å². The second kappa shape index (κ2) is 8.97. The molecule has 0 unspecified atom stereocenters. The quantitative estimate of drug-likeness (QED) is 0.709. The van der Waals surface area contributed by atoms with Crippen LogP contribution in [0.4, 0.5) is 0 Å². The Hall–Kier alpha value is -2.44. The van der Waals surface area contributed by atoms with E-state index >= 15 is 0 Å². The molecule has 0 N–H and O–H groups in total. The van der Waals surface area contributed by atoms with Gasteiger partial charge in [0.25, 0.3) is 0 Å². The number of nitrogens with zero attached hydrogens (tertiary/aromatic N) is 5. The van der Waals surface area contributed by atoms with Gasteiger partial charge in [-0.3, -0.25) is 9.59 Å². The number of hydrogen-bond acceptors (Lipinski definition) is 4. The second-order valence-corrected chi connectivity index (χ2v) is 9.19. The number of aromatic nitrogens is 3. The molecule has 31 heavy (non-hydrogen) atoms. The molecule has 2 aromatic rings. The van der Waals surface area contributed by atoms with Gasteiger partial charge in [-0.2, -0.15) is 5.10 Å². The lowest BCUT2D eigenvalue weighted by atomic mass is 10.1. The normalized spacial score (nSPS) is 20.1. The summed E-state index contributed by atoms with van der Waals surface area (Å²) in [6.45, 7) is 10.7. The number of carbonyl (C=O) groups excluding carboxylic acids is 2. The van der Waals surface area contributed by atoms with E-state index in [1.165, 1.54) is 0 Å². The van der Waals surface area contributed by atoms with E-state index in [0.29, 0.717) is 12.8 Å². The van der Waals surface area contributed by atoms with Gasteiger partial charge in [-0.05, 0) is 57.9 Å². The van der Waals surface area contributed by atoms with Crippen LogP contribution >= 0.6 is 0 Å². The maximum absolute atomic E-state index is 12.8. The van der Waals surface area contributed by atoms with Crippen LogP contribution in [0, 0.1) is 19.8 Å². The van der Waals surface area contributed by atoms with Crippen molar-refractivity contribution in [2.24, 2.45) is 5.92 Å². The van der Waals surface area contributed by atoms with Crippen LogP contribution in [0.2, 0.25) is 0 Å². The molecule has 2 aliphatic rings. The van der Waals surface area contributed by atoms with Crippen molar-refractivity contribution in [3.8, 4) is 0 Å². The fourth-order valence-corrected chi connectivity index (χ4v) is 5.02. The highest BCUT2D eigenvalue weighted by Gasteiger charge is 2.33. The van der Waals surface area contributed by atoms with Gasteiger partial charge in [-0.1, -0.05) is 13.8 Å². The van der Waals surface area contributed by atoms with E-state index in [9.17, 15) is 9.59 Å². The van der Waals surface area contributed by atoms with Crippen molar-refractivity contribution < 1.29 is 9.59 Å². The summed E-state index contributed by atoms with van der Waals surface area (Å²) in [5.74, 6) is 0.506. The highest BCUT2D eigenvalue weighted by Crippen LogP contribution is 2.33. The van der Waals surface area contributed by atoms with Gasteiger partial charge in [0.1, 0.15) is 0 Å². The molecule has 0 radical (unpaired) electrons. The minimum absolute atomic E-state index is 0.0306. The summed E-state index contributed by atoms with van der Waals surface area (Å²) in [4.78, 5) is 34.1. The van der Waals surface area contributed by atoms with E-state index in [4.69, 9.17) is 10.1 Å². The largest absolute Gasteiger partial charge is 0.343 e. The first-order valence-electron chi connectivity index (χ1n) is 11.8. The van der Waals surface area contributed by atoms with Crippen molar-refractivity contribution in [1.29, 1.82) is 0 Å². The van der Waals surface area contributed by atoms with Gasteiger partial charge in [0.05, 0.1) is 11.7 Å². The number of amides is 2. The van der Waals surface area contributed by atoms with Crippen LogP contribution in [0.3, 0.4) is 0 Å². The molecule has 0 aliphatic carbocycles. The minimum Gasteiger partial charge on any atom is -0.343 e. The fraction of sp³-hybridized carbons (Fsp3) is 0.667. The molecule has 2 fully saturated rings. The number of aryl methyl sites for hydroxylation is 2. The Balaban J connectivity index is 1.57. The maximum Gasteiger partial charge on any atom is 0.225 e. The number of carbonyl (C=O) groups is 2. The van der Waals surface area contributed by atoms with E-state index < -0.39 is 0 Å². The molecule has 2 aliphatic heterocycles. The van der Waals surface area contributed by atoms with E-state index in [0.717, 1.165) is 80.0 Å². The zero-order chi connectivity index (χ0) is 22.1. The zero-order valence-electron chi connectivity index (χ0n) is 19.4. The molecular weight excluding hydrogens is 390 g/mol. The van der Waals surface area contributed by atoms with Gasteiger partial charge in [0.15, 0.2) is 5.65 Å². The van der Waals surface area contributed by atoms with Crippen LogP contribution in [-0.2, 0) is 16.0 Å². The lowest BCUT2D eigenvalue weighted by Gasteiger charge is -2.26. The van der Waals surface area contributed by atoms with Crippen molar-refractivity contribution in [1.82, 2.24) is 24.4 Å². The van der Waals surface area contributed by atoms with Crippen molar-refractivity contribution in [2.75, 3.05) is 19.6 Å². The Morgan fingerprint density at radius 2 is 1.90 bits per heavy atom. The van der Waals surface area contributed by atoms with Crippen LogP contribution < -0.4 is 0 Å². The molecule has 0 saturated carbocycles. The Morgan fingerprint density at radius 3 is 2.61 bits per heavy atom. The first-order chi connectivity index (χ1) is 14.9. The molecule has 2 amide bonds. The molecule has 7 nitrogen and oxygen atoms in total. The molecule has 168 valence electrons. The second-order valence-electron chi connectivity index (χ2n) is 9.19. The molecular formula is C24H35N5O2. The topological polar surface area (TPSA) is 70.8 Å². The van der Waals surface area contributed by atoms with Gasteiger partial charge < -0.3 is 9.80 Å². The molecule has 0 bridgehead atoms. The van der Waals surface area contributed by atoms with Gasteiger partial charge >= 0.3 is 0 Å². The standard InChI is InChI=1S/C24H35N5O2/c1-5-16(2)24(31)28-14-8-9-21(28)20-15-22-25-17(3)19(18(4)29(22)26-20)10-11-23(30)27-12-6-7-13-27/h15-16,21H,5-14H2,1-4H3/t16-,21-/m0/s1. The first kappa shape index (κ1) is 21.8. The van der Waals surface area contributed by atoms with Gasteiger partial charge in [0, 0.05) is 49.4 Å². The number of likely N-dealkylation sites (tertiary alicyclic amines) is 2. The fourth-order valence-electron chi connectivity index (χ4n) is 5.02. The summed E-state index contributed by atoms with van der Waals surface area (Å²) in [5.41, 5.74) is 4.86. The highest BCUT2D eigenvalue weighted by molar-refractivity contribution is 5.79. The van der Waals surface area contributed by atoms with Gasteiger partial charge in [-0.15, -0.1) is 0 Å². The number of hydrogen-bond donors (Lipinski definition) is 0. The molecule has 4 heterocycles. The van der Waals surface area contributed by atoms with Gasteiger partial charge in [0.2, 0.25) is 11.8 Å². The average Bonchev–Trinajstić information content (AvgIpc) is 3.52. The van der Waals surface area contributed by atoms with Crippen LogP contribution in [0.25, 0.3) is 5.65 Å². The van der Waals surface area contributed by atoms with Crippen LogP contribution in [0.5, 0.6) is 0 Å². The third kappa shape index (κ3) is 4.19. The number of rotatable bonds is 6. The lowest BCUT2D eigenvalue weighted by Crippen LogP contribution is -2.34. The SMILES string of the molecule is CC[C@H](C)C(=O)N1CCC[C@H]1c1cc2nc(C)c(CCC(=O)N3CCCC3)c(C)n2n1. The van der Waals surface area contributed by atoms with Crippen molar-refractivity contribution >= 4 is 17.5 Å². The summed E-state index contributed by atoms with van der Waals surface area (Å²) in [6, 6.07) is 2.06. The van der Waals surface area contributed by atoms with E-state index in [-0.39, 0.29) is 23.8 Å². The van der Waals surface area contributed by atoms with Crippen molar-refractivity contribution in [3.05, 3.63) is 28.7 Å². The molecule has 2 aromatic heterocycles. The van der Waals surface area contributed by atoms with Gasteiger partial charge in [-0.25, -0.2) is 9.50 Å². The molecule has 4 rings (SSSR count). The Labute approximate surface area is 184 Å². The first-order valence-corrected chi connectivity index (χ1v) is 11.8. The number of fused-ring (bicyclic) bond motifs is 1. The van der Waals surface area contributed by atoms with Crippen molar-refractivity contribution in [2.45, 2.75) is 78.7 Å². The average molecular weight is 426 g/mol. The monoisotopic (exact) mass is 425 g/mol. The molecule has 2 atom stereocenters. The molecule has 0 aromatic carbocycles. The molecule has 0 spiro atoms. The smallest absolute Gasteiger partial charge is 0.225 e. The van der Waals surface area contributed by atoms with Crippen LogP contribution in [0.15, 0.2) is 6.07 Å². The third-order valence-electron chi connectivity index (χ3n) is 7.14. The zero-order valence-corrected chi connectivity index (χ0v) is 19.4. The summed E-state index contributed by atoms with van der Waals surface area (Å²) >= 11 is 0. The summed E-state index contributed by atoms with van der Waals surface area (Å²) < 4.78 is 1.90. The predicted octanol–water partition coefficient (Wildman–Crippen LogP) is 3.61. The summed E-state index contributed by atoms with van der Waals surface area (Å²) in [6.07, 6.45) is 6.25. The Morgan fingerprint density at radius 1 is 1.16 bits per heavy atom. The molecule has 7 heteroatoms. The van der Waals surface area contributed by atoms with Crippen molar-refractivity contribution in [3.63, 3.8) is 0 Å². The van der Waals surface area contributed by atoms with E-state index in [1.807, 2.05) is 34.2 Å². The maximum atomic E-state index is 12.8. The lowest BCUT2D eigenvalue weighted by molar-refractivity contribution is -0.136. The third-order valence-corrected chi connectivity index (χ3v) is 7.14. The predicted molar refractivity (Wildman–Crippen MR) is 120 cm³/mol. The minimum atomic E-state index is 0.0306.